The number of hydrogen-bond acceptors (Lipinski definition) is 1. The lowest BCUT2D eigenvalue weighted by Gasteiger charge is -2.03. The zero-order chi connectivity index (χ0) is 12.1. The molecule has 0 aromatic heterocycles. The van der Waals surface area contributed by atoms with Crippen molar-refractivity contribution in [2.75, 3.05) is 0 Å². The van der Waals surface area contributed by atoms with E-state index in [1.807, 2.05) is 11.8 Å². The van der Waals surface area contributed by atoms with E-state index in [1.165, 1.54) is 19.6 Å². The van der Waals surface area contributed by atoms with Crippen LogP contribution in [0.25, 0.3) is 0 Å². The van der Waals surface area contributed by atoms with Gasteiger partial charge in [0.2, 0.25) is 0 Å². The lowest BCUT2D eigenvalue weighted by Crippen LogP contribution is -1.82. The van der Waals surface area contributed by atoms with E-state index in [1.54, 1.807) is 0 Å². The maximum Gasteiger partial charge on any atom is 0.0474 e. The summed E-state index contributed by atoms with van der Waals surface area (Å²) in [5.41, 5.74) is 2.53. The van der Waals surface area contributed by atoms with Gasteiger partial charge in [-0.3, -0.25) is 0 Å². The quantitative estimate of drug-likeness (QED) is 0.396. The molecule has 0 atom stereocenters. The monoisotopic (exact) mass is 374 g/mol. The van der Waals surface area contributed by atoms with Crippen LogP contribution in [-0.2, 0) is 11.6 Å². The van der Waals surface area contributed by atoms with Crippen molar-refractivity contribution in [3.63, 3.8) is 0 Å². The standard InChI is InChI=1S/C14H12ClIS/c15-9-11-3-7-14(8-4-11)17-10-12-1-5-13(16)6-2-12/h1-8H,9-10H2. The van der Waals surface area contributed by atoms with Gasteiger partial charge in [-0.05, 0) is 58.0 Å². The SMILES string of the molecule is ClCc1ccc(SCc2ccc(I)cc2)cc1. The molecule has 0 amide bonds. The largest absolute Gasteiger partial charge is 0.122 e. The number of hydrogen-bond donors (Lipinski definition) is 0. The van der Waals surface area contributed by atoms with Crippen LogP contribution in [0.3, 0.4) is 0 Å². The molecular formula is C14H12ClIS. The molecule has 0 saturated heterocycles. The number of alkyl halides is 1. The van der Waals surface area contributed by atoms with Crippen LogP contribution in [0.2, 0.25) is 0 Å². The first-order chi connectivity index (χ1) is 8.28. The molecule has 2 aromatic carbocycles. The van der Waals surface area contributed by atoms with Crippen molar-refractivity contribution in [1.82, 2.24) is 0 Å². The van der Waals surface area contributed by atoms with Crippen molar-refractivity contribution in [3.05, 3.63) is 63.2 Å². The van der Waals surface area contributed by atoms with E-state index >= 15 is 0 Å². The van der Waals surface area contributed by atoms with Gasteiger partial charge in [0.05, 0.1) is 0 Å². The van der Waals surface area contributed by atoms with Crippen LogP contribution in [0.5, 0.6) is 0 Å². The van der Waals surface area contributed by atoms with E-state index in [4.69, 9.17) is 11.6 Å². The van der Waals surface area contributed by atoms with Crippen LogP contribution in [0, 0.1) is 3.57 Å². The maximum atomic E-state index is 5.76. The predicted molar refractivity (Wildman–Crippen MR) is 84.7 cm³/mol. The van der Waals surface area contributed by atoms with Crippen LogP contribution in [0.1, 0.15) is 11.1 Å². The van der Waals surface area contributed by atoms with Gasteiger partial charge in [0, 0.05) is 20.1 Å². The highest BCUT2D eigenvalue weighted by Gasteiger charge is 1.97. The van der Waals surface area contributed by atoms with Gasteiger partial charge in [-0.1, -0.05) is 24.3 Å². The number of halogens is 2. The lowest BCUT2D eigenvalue weighted by atomic mass is 10.2. The molecule has 0 saturated carbocycles. The molecule has 0 aliphatic rings. The molecule has 0 spiro atoms. The summed E-state index contributed by atoms with van der Waals surface area (Å²) in [5, 5.41) is 0. The highest BCUT2D eigenvalue weighted by atomic mass is 127. The molecule has 0 nitrogen and oxygen atoms in total. The second kappa shape index (κ2) is 6.66. The Bertz CT molecular complexity index is 465. The van der Waals surface area contributed by atoms with Crippen LogP contribution < -0.4 is 0 Å². The molecule has 88 valence electrons. The number of thioether (sulfide) groups is 1. The molecule has 0 aliphatic heterocycles. The summed E-state index contributed by atoms with van der Waals surface area (Å²) in [6.45, 7) is 0. The third-order valence-corrected chi connectivity index (χ3v) is 4.51. The topological polar surface area (TPSA) is 0 Å². The molecule has 17 heavy (non-hydrogen) atoms. The molecule has 0 aliphatic carbocycles. The molecule has 0 radical (unpaired) electrons. The summed E-state index contributed by atoms with van der Waals surface area (Å²) in [5.74, 6) is 1.60. The van der Waals surface area contributed by atoms with Crippen molar-refractivity contribution in [2.45, 2.75) is 16.5 Å². The first-order valence-electron chi connectivity index (χ1n) is 5.30. The zero-order valence-corrected chi connectivity index (χ0v) is 12.9. The second-order valence-corrected chi connectivity index (χ2v) is 6.25. The minimum absolute atomic E-state index is 0.585. The molecule has 0 unspecified atom stereocenters. The van der Waals surface area contributed by atoms with E-state index in [9.17, 15) is 0 Å². The Hall–Kier alpha value is -0.190. The Morgan fingerprint density at radius 1 is 0.882 bits per heavy atom. The first-order valence-corrected chi connectivity index (χ1v) is 7.90. The fourth-order valence-electron chi connectivity index (χ4n) is 1.42. The highest BCUT2D eigenvalue weighted by molar-refractivity contribution is 14.1. The van der Waals surface area contributed by atoms with Gasteiger partial charge >= 0.3 is 0 Å². The van der Waals surface area contributed by atoms with Crippen LogP contribution in [-0.4, -0.2) is 0 Å². The summed E-state index contributed by atoms with van der Waals surface area (Å²) in [7, 11) is 0. The van der Waals surface area contributed by atoms with Gasteiger partial charge in [0.25, 0.3) is 0 Å². The molecular weight excluding hydrogens is 363 g/mol. The van der Waals surface area contributed by atoms with Gasteiger partial charge < -0.3 is 0 Å². The minimum atomic E-state index is 0.585. The Morgan fingerprint density at radius 2 is 1.47 bits per heavy atom. The van der Waals surface area contributed by atoms with E-state index in [0.29, 0.717) is 5.88 Å². The van der Waals surface area contributed by atoms with E-state index < -0.39 is 0 Å². The van der Waals surface area contributed by atoms with Gasteiger partial charge in [-0.25, -0.2) is 0 Å². The smallest absolute Gasteiger partial charge is 0.0474 e. The molecule has 2 aromatic rings. The summed E-state index contributed by atoms with van der Waals surface area (Å²) < 4.78 is 1.28. The van der Waals surface area contributed by atoms with Gasteiger partial charge in [0.15, 0.2) is 0 Å². The van der Waals surface area contributed by atoms with Crippen molar-refractivity contribution in [3.8, 4) is 0 Å². The van der Waals surface area contributed by atoms with E-state index in [2.05, 4.69) is 71.1 Å². The number of rotatable bonds is 4. The fraction of sp³-hybridized carbons (Fsp3) is 0.143. The van der Waals surface area contributed by atoms with E-state index in [0.717, 1.165) is 5.75 Å². The third kappa shape index (κ3) is 4.19. The van der Waals surface area contributed by atoms with Crippen molar-refractivity contribution in [2.24, 2.45) is 0 Å². The van der Waals surface area contributed by atoms with Crippen LogP contribution in [0.4, 0.5) is 0 Å². The fourth-order valence-corrected chi connectivity index (χ4v) is 2.81. The molecule has 2 rings (SSSR count). The molecule has 0 fully saturated rings. The first kappa shape index (κ1) is 13.2. The normalized spacial score (nSPS) is 10.5. The third-order valence-electron chi connectivity index (χ3n) is 2.40. The number of benzene rings is 2. The van der Waals surface area contributed by atoms with Gasteiger partial charge in [0.1, 0.15) is 0 Å². The predicted octanol–water partition coefficient (Wildman–Crippen LogP) is 5.32. The Balaban J connectivity index is 1.95. The van der Waals surface area contributed by atoms with Gasteiger partial charge in [-0.15, -0.1) is 23.4 Å². The van der Waals surface area contributed by atoms with Crippen LogP contribution >= 0.6 is 46.0 Å². The molecule has 0 bridgehead atoms. The van der Waals surface area contributed by atoms with Crippen LogP contribution in [0.15, 0.2) is 53.4 Å². The average Bonchev–Trinajstić information content (AvgIpc) is 2.39. The van der Waals surface area contributed by atoms with Crippen molar-refractivity contribution >= 4 is 46.0 Å². The molecule has 0 heterocycles. The summed E-state index contributed by atoms with van der Waals surface area (Å²) in [6.07, 6.45) is 0. The zero-order valence-electron chi connectivity index (χ0n) is 9.20. The van der Waals surface area contributed by atoms with E-state index in [-0.39, 0.29) is 0 Å². The lowest BCUT2D eigenvalue weighted by molar-refractivity contribution is 1.32. The summed E-state index contributed by atoms with van der Waals surface area (Å²) in [6, 6.07) is 17.1. The van der Waals surface area contributed by atoms with Crippen molar-refractivity contribution < 1.29 is 0 Å². The minimum Gasteiger partial charge on any atom is -0.122 e. The highest BCUT2D eigenvalue weighted by Crippen LogP contribution is 2.23. The molecule has 3 heteroatoms. The average molecular weight is 375 g/mol. The van der Waals surface area contributed by atoms with Gasteiger partial charge in [-0.2, -0.15) is 0 Å². The second-order valence-electron chi connectivity index (χ2n) is 3.69. The maximum absolute atomic E-state index is 5.76. The Labute approximate surface area is 125 Å². The molecule has 0 N–H and O–H groups in total. The summed E-state index contributed by atoms with van der Waals surface area (Å²) >= 11 is 9.94. The summed E-state index contributed by atoms with van der Waals surface area (Å²) in [4.78, 5) is 1.29. The Morgan fingerprint density at radius 3 is 2.06 bits per heavy atom. The Kier molecular flexibility index (Phi) is 5.19. The van der Waals surface area contributed by atoms with Crippen molar-refractivity contribution in [1.29, 1.82) is 0 Å².